The Balaban J connectivity index is 1.39. The molecule has 7 nitrogen and oxygen atoms in total. The zero-order valence-electron chi connectivity index (χ0n) is 16.9. The minimum Gasteiger partial charge on any atom is -0.370 e. The first-order valence-corrected chi connectivity index (χ1v) is 10.5. The van der Waals surface area contributed by atoms with Gasteiger partial charge in [0.25, 0.3) is 0 Å². The average molecular weight is 375 g/mol. The number of hydrogen-bond acceptors (Lipinski definition) is 6. The van der Waals surface area contributed by atoms with Gasteiger partial charge in [-0.2, -0.15) is 0 Å². The number of rotatable bonds is 7. The summed E-state index contributed by atoms with van der Waals surface area (Å²) in [5, 5.41) is 3.24. The van der Waals surface area contributed by atoms with E-state index in [0.717, 1.165) is 83.3 Å². The Hall–Kier alpha value is -1.89. The van der Waals surface area contributed by atoms with Crippen molar-refractivity contribution in [3.63, 3.8) is 0 Å². The summed E-state index contributed by atoms with van der Waals surface area (Å²) in [5.74, 6) is 2.89. The van der Waals surface area contributed by atoms with E-state index in [4.69, 9.17) is 0 Å². The van der Waals surface area contributed by atoms with Gasteiger partial charge in [0.15, 0.2) is 0 Å². The lowest BCUT2D eigenvalue weighted by Gasteiger charge is -2.35. The van der Waals surface area contributed by atoms with E-state index in [1.165, 1.54) is 0 Å². The molecule has 0 saturated carbocycles. The molecule has 1 amide bonds. The van der Waals surface area contributed by atoms with Crippen LogP contribution in [0.2, 0.25) is 0 Å². The molecular formula is C20H34N6O. The predicted molar refractivity (Wildman–Crippen MR) is 109 cm³/mol. The molecule has 0 aromatic carbocycles. The van der Waals surface area contributed by atoms with Crippen molar-refractivity contribution in [2.24, 2.45) is 5.92 Å². The molecule has 0 bridgehead atoms. The molecule has 0 radical (unpaired) electrons. The van der Waals surface area contributed by atoms with Crippen LogP contribution >= 0.6 is 0 Å². The number of nitrogens with zero attached hydrogens (tertiary/aromatic N) is 5. The van der Waals surface area contributed by atoms with Crippen LogP contribution in [0.1, 0.15) is 39.5 Å². The summed E-state index contributed by atoms with van der Waals surface area (Å²) < 4.78 is 0. The Bertz CT molecular complexity index is 594. The van der Waals surface area contributed by atoms with Gasteiger partial charge in [0.2, 0.25) is 5.91 Å². The van der Waals surface area contributed by atoms with E-state index in [1.807, 2.05) is 6.07 Å². The first-order valence-electron chi connectivity index (χ1n) is 10.5. The molecule has 0 atom stereocenters. The monoisotopic (exact) mass is 374 g/mol. The quantitative estimate of drug-likeness (QED) is 0.788. The van der Waals surface area contributed by atoms with E-state index in [-0.39, 0.29) is 0 Å². The highest BCUT2D eigenvalue weighted by Gasteiger charge is 2.24. The van der Waals surface area contributed by atoms with Gasteiger partial charge >= 0.3 is 0 Å². The van der Waals surface area contributed by atoms with Crippen molar-refractivity contribution in [3.8, 4) is 0 Å². The van der Waals surface area contributed by atoms with Crippen molar-refractivity contribution < 1.29 is 4.79 Å². The third-order valence-electron chi connectivity index (χ3n) is 5.89. The summed E-state index contributed by atoms with van der Waals surface area (Å²) in [5.41, 5.74) is 0. The molecule has 1 N–H and O–H groups in total. The number of aromatic nitrogens is 2. The molecule has 0 spiro atoms. The van der Waals surface area contributed by atoms with Gasteiger partial charge in [-0.15, -0.1) is 0 Å². The molecule has 150 valence electrons. The van der Waals surface area contributed by atoms with Crippen molar-refractivity contribution in [1.29, 1.82) is 0 Å². The van der Waals surface area contributed by atoms with Crippen LogP contribution in [-0.2, 0) is 4.79 Å². The van der Waals surface area contributed by atoms with Gasteiger partial charge in [0.05, 0.1) is 0 Å². The lowest BCUT2D eigenvalue weighted by atomic mass is 9.92. The van der Waals surface area contributed by atoms with Crippen LogP contribution < -0.4 is 10.2 Å². The lowest BCUT2D eigenvalue weighted by molar-refractivity contribution is -0.133. The highest BCUT2D eigenvalue weighted by molar-refractivity contribution is 5.76. The number of carbonyl (C=O) groups is 1. The third kappa shape index (κ3) is 5.54. The summed E-state index contributed by atoms with van der Waals surface area (Å²) in [6.45, 7) is 12.1. The maximum atomic E-state index is 12.5. The molecule has 3 rings (SSSR count). The first-order chi connectivity index (χ1) is 13.2. The van der Waals surface area contributed by atoms with Crippen LogP contribution in [0.3, 0.4) is 0 Å². The van der Waals surface area contributed by atoms with E-state index < -0.39 is 0 Å². The van der Waals surface area contributed by atoms with E-state index >= 15 is 0 Å². The topological polar surface area (TPSA) is 64.6 Å². The standard InChI is InChI=1S/C20H34N6O/c1-3-21-18-15-19(23-16-22-18)25-9-7-17(8-10-25)5-6-20(27)26-13-11-24(4-2)12-14-26/h15-17H,3-14H2,1-2H3,(H,21,22,23). The third-order valence-corrected chi connectivity index (χ3v) is 5.89. The molecule has 0 unspecified atom stereocenters. The summed E-state index contributed by atoms with van der Waals surface area (Å²) in [7, 11) is 0. The van der Waals surface area contributed by atoms with Crippen LogP contribution in [0.4, 0.5) is 11.6 Å². The molecule has 7 heteroatoms. The van der Waals surface area contributed by atoms with E-state index in [1.54, 1.807) is 6.33 Å². The fourth-order valence-corrected chi connectivity index (χ4v) is 4.05. The summed E-state index contributed by atoms with van der Waals surface area (Å²) in [4.78, 5) is 28.0. The Morgan fingerprint density at radius 1 is 1.11 bits per heavy atom. The molecule has 1 aromatic heterocycles. The van der Waals surface area contributed by atoms with E-state index in [0.29, 0.717) is 18.2 Å². The van der Waals surface area contributed by atoms with Crippen LogP contribution in [-0.4, -0.2) is 78.0 Å². The van der Waals surface area contributed by atoms with Crippen LogP contribution in [0.15, 0.2) is 12.4 Å². The number of piperidine rings is 1. The molecule has 1 aromatic rings. The van der Waals surface area contributed by atoms with Crippen molar-refractivity contribution >= 4 is 17.5 Å². The van der Waals surface area contributed by atoms with Crippen molar-refractivity contribution in [2.45, 2.75) is 39.5 Å². The smallest absolute Gasteiger partial charge is 0.222 e. The van der Waals surface area contributed by atoms with Gasteiger partial charge in [-0.3, -0.25) is 4.79 Å². The second kappa shape index (κ2) is 9.88. The number of likely N-dealkylation sites (N-methyl/N-ethyl adjacent to an activating group) is 1. The van der Waals surface area contributed by atoms with Gasteiger partial charge in [-0.25, -0.2) is 9.97 Å². The second-order valence-electron chi connectivity index (χ2n) is 7.58. The van der Waals surface area contributed by atoms with Gasteiger partial charge in [0, 0.05) is 58.3 Å². The maximum absolute atomic E-state index is 12.5. The minimum atomic E-state index is 0.347. The maximum Gasteiger partial charge on any atom is 0.222 e. The Morgan fingerprint density at radius 2 is 1.85 bits per heavy atom. The Kier molecular flexibility index (Phi) is 7.26. The number of piperazine rings is 1. The second-order valence-corrected chi connectivity index (χ2v) is 7.58. The molecule has 2 aliphatic heterocycles. The van der Waals surface area contributed by atoms with Gasteiger partial charge in [-0.05, 0) is 38.6 Å². The fourth-order valence-electron chi connectivity index (χ4n) is 4.05. The van der Waals surface area contributed by atoms with Crippen LogP contribution in [0.25, 0.3) is 0 Å². The molecule has 0 aliphatic carbocycles. The normalized spacial score (nSPS) is 19.3. The van der Waals surface area contributed by atoms with Crippen LogP contribution in [0, 0.1) is 5.92 Å². The predicted octanol–water partition coefficient (Wildman–Crippen LogP) is 2.07. The highest BCUT2D eigenvalue weighted by Crippen LogP contribution is 2.26. The van der Waals surface area contributed by atoms with Gasteiger partial charge in [0.1, 0.15) is 18.0 Å². The zero-order valence-corrected chi connectivity index (χ0v) is 16.9. The summed E-state index contributed by atoms with van der Waals surface area (Å²) >= 11 is 0. The molecule has 3 heterocycles. The number of nitrogens with one attached hydrogen (secondary N) is 1. The Morgan fingerprint density at radius 3 is 2.52 bits per heavy atom. The average Bonchev–Trinajstić information content (AvgIpc) is 2.73. The van der Waals surface area contributed by atoms with Gasteiger partial charge < -0.3 is 20.0 Å². The molecule has 27 heavy (non-hydrogen) atoms. The van der Waals surface area contributed by atoms with E-state index in [2.05, 4.69) is 43.8 Å². The molecule has 2 fully saturated rings. The highest BCUT2D eigenvalue weighted by atomic mass is 16.2. The lowest BCUT2D eigenvalue weighted by Crippen LogP contribution is -2.48. The minimum absolute atomic E-state index is 0.347. The Labute approximate surface area is 163 Å². The summed E-state index contributed by atoms with van der Waals surface area (Å²) in [6.07, 6.45) is 5.63. The number of amides is 1. The largest absolute Gasteiger partial charge is 0.370 e. The first kappa shape index (κ1) is 19.9. The van der Waals surface area contributed by atoms with E-state index in [9.17, 15) is 4.79 Å². The number of carbonyl (C=O) groups excluding carboxylic acids is 1. The molecule has 2 aliphatic rings. The van der Waals surface area contributed by atoms with Gasteiger partial charge in [-0.1, -0.05) is 6.92 Å². The number of anilines is 2. The molecular weight excluding hydrogens is 340 g/mol. The SMILES string of the molecule is CCNc1cc(N2CCC(CCC(=O)N3CCN(CC)CC3)CC2)ncn1. The van der Waals surface area contributed by atoms with Crippen molar-refractivity contribution in [2.75, 3.05) is 62.6 Å². The van der Waals surface area contributed by atoms with Crippen LogP contribution in [0.5, 0.6) is 0 Å². The summed E-state index contributed by atoms with van der Waals surface area (Å²) in [6, 6.07) is 2.03. The number of hydrogen-bond donors (Lipinski definition) is 1. The fraction of sp³-hybridized carbons (Fsp3) is 0.750. The van der Waals surface area contributed by atoms with Crippen molar-refractivity contribution in [3.05, 3.63) is 12.4 Å². The van der Waals surface area contributed by atoms with Crippen molar-refractivity contribution in [1.82, 2.24) is 19.8 Å². The molecule has 2 saturated heterocycles. The zero-order chi connectivity index (χ0) is 19.1.